The van der Waals surface area contributed by atoms with Crippen molar-refractivity contribution in [2.75, 3.05) is 0 Å². The van der Waals surface area contributed by atoms with Crippen LogP contribution < -0.4 is 5.73 Å². The van der Waals surface area contributed by atoms with Gasteiger partial charge in [0.05, 0.1) is 5.56 Å². The van der Waals surface area contributed by atoms with Gasteiger partial charge in [0.25, 0.3) is 0 Å². The number of ketones is 1. The first-order valence-electron chi connectivity index (χ1n) is 5.41. The lowest BCUT2D eigenvalue weighted by molar-refractivity contribution is -0.120. The maximum atomic E-state index is 10.5. The fourth-order valence-electron chi connectivity index (χ4n) is 1.45. The van der Waals surface area contributed by atoms with E-state index in [9.17, 15) is 9.59 Å². The van der Waals surface area contributed by atoms with Crippen molar-refractivity contribution in [2.45, 2.75) is 32.1 Å². The molecule has 0 unspecified atom stereocenters. The highest BCUT2D eigenvalue weighted by molar-refractivity contribution is 5.92. The molecular formula is C12H16N2O2. The van der Waals surface area contributed by atoms with Crippen LogP contribution in [-0.2, 0) is 4.79 Å². The van der Waals surface area contributed by atoms with E-state index in [-0.39, 0.29) is 0 Å². The number of nitrogens with zero attached hydrogens (tertiary/aromatic N) is 1. The smallest absolute Gasteiger partial charge is 0.250 e. The Labute approximate surface area is 94.9 Å². The van der Waals surface area contributed by atoms with Gasteiger partial charge in [-0.2, -0.15) is 0 Å². The third kappa shape index (κ3) is 4.68. The predicted molar refractivity (Wildman–Crippen MR) is 60.8 cm³/mol. The van der Waals surface area contributed by atoms with Gasteiger partial charge < -0.3 is 5.73 Å². The average molecular weight is 220 g/mol. The molecule has 0 atom stereocenters. The summed E-state index contributed by atoms with van der Waals surface area (Å²) in [7, 11) is 0. The van der Waals surface area contributed by atoms with Crippen molar-refractivity contribution < 1.29 is 9.59 Å². The number of aromatic nitrogens is 1. The van der Waals surface area contributed by atoms with Gasteiger partial charge in [-0.05, 0) is 25.0 Å². The molecule has 4 nitrogen and oxygen atoms in total. The first-order chi connectivity index (χ1) is 7.70. The second-order valence-electron chi connectivity index (χ2n) is 3.71. The van der Waals surface area contributed by atoms with Gasteiger partial charge in [0.2, 0.25) is 5.91 Å². The highest BCUT2D eigenvalue weighted by Gasteiger charge is 2.05. The van der Waals surface area contributed by atoms with E-state index in [1.54, 1.807) is 18.3 Å². The molecule has 2 rings (SSSR count). The van der Waals surface area contributed by atoms with Crippen LogP contribution in [0, 0.1) is 0 Å². The van der Waals surface area contributed by atoms with Crippen molar-refractivity contribution in [1.82, 2.24) is 4.98 Å². The zero-order valence-corrected chi connectivity index (χ0v) is 9.19. The Bertz CT molecular complexity index is 341. The number of hydrogen-bond donors (Lipinski definition) is 1. The van der Waals surface area contributed by atoms with Gasteiger partial charge in [-0.25, -0.2) is 0 Å². The molecular weight excluding hydrogens is 204 g/mol. The summed E-state index contributed by atoms with van der Waals surface area (Å²) in [5, 5.41) is 0. The molecule has 1 aromatic heterocycles. The quantitative estimate of drug-likeness (QED) is 0.782. The molecule has 0 saturated heterocycles. The van der Waals surface area contributed by atoms with E-state index in [1.165, 1.54) is 12.6 Å². The molecule has 0 aromatic carbocycles. The highest BCUT2D eigenvalue weighted by atomic mass is 16.1. The number of hydrogen-bond acceptors (Lipinski definition) is 3. The maximum absolute atomic E-state index is 10.5. The van der Waals surface area contributed by atoms with Gasteiger partial charge in [0.15, 0.2) is 0 Å². The molecule has 0 bridgehead atoms. The van der Waals surface area contributed by atoms with Gasteiger partial charge in [0, 0.05) is 25.2 Å². The molecule has 1 amide bonds. The zero-order valence-electron chi connectivity index (χ0n) is 9.19. The molecule has 2 N–H and O–H groups in total. The molecule has 86 valence electrons. The summed E-state index contributed by atoms with van der Waals surface area (Å²) >= 11 is 0. The lowest BCUT2D eigenvalue weighted by Gasteiger charge is -2.05. The summed E-state index contributed by atoms with van der Waals surface area (Å²) < 4.78 is 0. The summed E-state index contributed by atoms with van der Waals surface area (Å²) in [6.45, 7) is 0. The third-order valence-corrected chi connectivity index (χ3v) is 2.36. The molecule has 1 heterocycles. The summed E-state index contributed by atoms with van der Waals surface area (Å²) in [4.78, 5) is 24.6. The number of Topliss-reactive ketones (excluding diaryl/α,β-unsaturated/α-hetero) is 1. The van der Waals surface area contributed by atoms with Crippen molar-refractivity contribution in [1.29, 1.82) is 0 Å². The Hall–Kier alpha value is -1.71. The number of carbonyl (C=O) groups is 2. The lowest BCUT2D eigenvalue weighted by atomic mass is 10.00. The number of rotatable bonds is 1. The largest absolute Gasteiger partial charge is 0.366 e. The normalized spacial score (nSPS) is 14.9. The van der Waals surface area contributed by atoms with Crippen molar-refractivity contribution in [2.24, 2.45) is 5.73 Å². The van der Waals surface area contributed by atoms with Crippen molar-refractivity contribution in [3.63, 3.8) is 0 Å². The van der Waals surface area contributed by atoms with E-state index >= 15 is 0 Å². The predicted octanol–water partition coefficient (Wildman–Crippen LogP) is 1.70. The topological polar surface area (TPSA) is 73.1 Å². The molecule has 0 aliphatic heterocycles. The average Bonchev–Trinajstić information content (AvgIpc) is 2.32. The Kier molecular flexibility index (Phi) is 5.19. The van der Waals surface area contributed by atoms with Gasteiger partial charge in [-0.15, -0.1) is 0 Å². The van der Waals surface area contributed by atoms with Gasteiger partial charge >= 0.3 is 0 Å². The molecule has 0 spiro atoms. The minimum atomic E-state index is -0.442. The molecule has 1 fully saturated rings. The number of pyridine rings is 1. The van der Waals surface area contributed by atoms with Gasteiger partial charge in [0.1, 0.15) is 5.78 Å². The van der Waals surface area contributed by atoms with Crippen LogP contribution in [0.2, 0.25) is 0 Å². The Balaban J connectivity index is 0.000000165. The van der Waals surface area contributed by atoms with E-state index in [1.807, 2.05) is 0 Å². The highest BCUT2D eigenvalue weighted by Crippen LogP contribution is 2.12. The number of amides is 1. The first-order valence-corrected chi connectivity index (χ1v) is 5.41. The zero-order chi connectivity index (χ0) is 11.8. The molecule has 1 saturated carbocycles. The molecule has 0 radical (unpaired) electrons. The second kappa shape index (κ2) is 6.71. The number of carbonyl (C=O) groups excluding carboxylic acids is 2. The van der Waals surface area contributed by atoms with Crippen molar-refractivity contribution >= 4 is 11.7 Å². The van der Waals surface area contributed by atoms with Crippen LogP contribution in [0.5, 0.6) is 0 Å². The molecule has 4 heteroatoms. The van der Waals surface area contributed by atoms with Crippen molar-refractivity contribution in [3.8, 4) is 0 Å². The molecule has 16 heavy (non-hydrogen) atoms. The van der Waals surface area contributed by atoms with E-state index in [4.69, 9.17) is 5.73 Å². The van der Waals surface area contributed by atoms with E-state index in [0.29, 0.717) is 11.3 Å². The summed E-state index contributed by atoms with van der Waals surface area (Å²) in [6, 6.07) is 3.29. The van der Waals surface area contributed by atoms with Crippen LogP contribution in [0.25, 0.3) is 0 Å². The molecule has 1 aliphatic rings. The van der Waals surface area contributed by atoms with Crippen LogP contribution in [0.1, 0.15) is 42.5 Å². The van der Waals surface area contributed by atoms with Crippen molar-refractivity contribution in [3.05, 3.63) is 30.1 Å². The Morgan fingerprint density at radius 3 is 2.25 bits per heavy atom. The van der Waals surface area contributed by atoms with Gasteiger partial charge in [-0.1, -0.05) is 6.42 Å². The van der Waals surface area contributed by atoms with E-state index < -0.39 is 5.91 Å². The van der Waals surface area contributed by atoms with Crippen LogP contribution in [-0.4, -0.2) is 16.7 Å². The molecule has 1 aromatic rings. The molecule has 1 aliphatic carbocycles. The van der Waals surface area contributed by atoms with Crippen LogP contribution in [0.15, 0.2) is 24.5 Å². The first kappa shape index (κ1) is 12.4. The Morgan fingerprint density at radius 2 is 1.94 bits per heavy atom. The van der Waals surface area contributed by atoms with Crippen LogP contribution in [0.3, 0.4) is 0 Å². The summed E-state index contributed by atoms with van der Waals surface area (Å²) in [5.41, 5.74) is 5.38. The summed E-state index contributed by atoms with van der Waals surface area (Å²) in [6.07, 6.45) is 8.26. The SMILES string of the molecule is NC(=O)c1cccnc1.O=C1CCCCC1. The summed E-state index contributed by atoms with van der Waals surface area (Å²) in [5.74, 6) is 0.0225. The minimum absolute atomic E-state index is 0.442. The number of primary amides is 1. The lowest BCUT2D eigenvalue weighted by Crippen LogP contribution is -2.10. The number of nitrogens with two attached hydrogens (primary N) is 1. The van der Waals surface area contributed by atoms with Crippen LogP contribution in [0.4, 0.5) is 0 Å². The Morgan fingerprint density at radius 1 is 1.25 bits per heavy atom. The van der Waals surface area contributed by atoms with E-state index in [2.05, 4.69) is 4.98 Å². The van der Waals surface area contributed by atoms with Crippen LogP contribution >= 0.6 is 0 Å². The fourth-order valence-corrected chi connectivity index (χ4v) is 1.45. The fraction of sp³-hybridized carbons (Fsp3) is 0.417. The second-order valence-corrected chi connectivity index (χ2v) is 3.71. The van der Waals surface area contributed by atoms with Gasteiger partial charge in [-0.3, -0.25) is 14.6 Å². The standard InChI is InChI=1S/C6H6N2O.C6H10O/c7-6(9)5-2-1-3-8-4-5;7-6-4-2-1-3-5-6/h1-4H,(H2,7,9);1-5H2. The van der Waals surface area contributed by atoms with E-state index in [0.717, 1.165) is 25.7 Å². The maximum Gasteiger partial charge on any atom is 0.250 e. The third-order valence-electron chi connectivity index (χ3n) is 2.36. The monoisotopic (exact) mass is 220 g/mol. The minimum Gasteiger partial charge on any atom is -0.366 e.